The van der Waals surface area contributed by atoms with Gasteiger partial charge in [0.2, 0.25) is 11.7 Å². The van der Waals surface area contributed by atoms with E-state index in [1.165, 1.54) is 12.1 Å². The van der Waals surface area contributed by atoms with Crippen molar-refractivity contribution in [3.05, 3.63) is 34.4 Å². The van der Waals surface area contributed by atoms with Crippen LogP contribution in [0.3, 0.4) is 0 Å². The van der Waals surface area contributed by atoms with Gasteiger partial charge in [0.15, 0.2) is 0 Å². The summed E-state index contributed by atoms with van der Waals surface area (Å²) in [6, 6.07) is 4.45. The molecule has 2 aromatic rings. The molecule has 2 rings (SSSR count). The van der Waals surface area contributed by atoms with Gasteiger partial charge in [0.05, 0.1) is 0 Å². The highest BCUT2D eigenvalue weighted by Crippen LogP contribution is 2.23. The molecule has 0 aliphatic carbocycles. The fourth-order valence-corrected chi connectivity index (χ4v) is 1.80. The average Bonchev–Trinajstić information content (AvgIpc) is 2.76. The van der Waals surface area contributed by atoms with Gasteiger partial charge in [0, 0.05) is 22.5 Å². The molecule has 0 aliphatic heterocycles. The summed E-state index contributed by atoms with van der Waals surface area (Å²) >= 11 is 3.21. The lowest BCUT2D eigenvalue weighted by Crippen LogP contribution is -2.08. The molecule has 2 N–H and O–H groups in total. The zero-order valence-electron chi connectivity index (χ0n) is 9.15. The van der Waals surface area contributed by atoms with Gasteiger partial charge in [-0.05, 0) is 18.2 Å². The smallest absolute Gasteiger partial charge is 0.231 e. The summed E-state index contributed by atoms with van der Waals surface area (Å²) in [5, 5.41) is 3.81. The van der Waals surface area contributed by atoms with Gasteiger partial charge in [-0.25, -0.2) is 4.39 Å². The van der Waals surface area contributed by atoms with Crippen molar-refractivity contribution in [2.75, 3.05) is 6.54 Å². The molecular weight excluding hydrogens is 289 g/mol. The van der Waals surface area contributed by atoms with Gasteiger partial charge in [-0.1, -0.05) is 28.0 Å². The Morgan fingerprint density at radius 1 is 1.47 bits per heavy atom. The molecule has 90 valence electrons. The highest BCUT2D eigenvalue weighted by molar-refractivity contribution is 9.10. The zero-order valence-corrected chi connectivity index (χ0v) is 10.7. The van der Waals surface area contributed by atoms with Crippen LogP contribution in [0.5, 0.6) is 0 Å². The van der Waals surface area contributed by atoms with Crippen LogP contribution in [0.2, 0.25) is 0 Å². The number of rotatable bonds is 3. The first-order valence-corrected chi connectivity index (χ1v) is 5.89. The molecule has 0 saturated heterocycles. The maximum absolute atomic E-state index is 13.2. The van der Waals surface area contributed by atoms with Crippen LogP contribution in [0.4, 0.5) is 4.39 Å². The van der Waals surface area contributed by atoms with Crippen molar-refractivity contribution in [2.45, 2.75) is 12.8 Å². The Morgan fingerprint density at radius 2 is 2.24 bits per heavy atom. The maximum Gasteiger partial charge on any atom is 0.231 e. The van der Waals surface area contributed by atoms with Gasteiger partial charge in [0.25, 0.3) is 0 Å². The van der Waals surface area contributed by atoms with Crippen molar-refractivity contribution < 1.29 is 8.91 Å². The Kier molecular flexibility index (Phi) is 3.54. The summed E-state index contributed by atoms with van der Waals surface area (Å²) in [5.74, 6) is 0.462. The minimum Gasteiger partial charge on any atom is -0.339 e. The van der Waals surface area contributed by atoms with E-state index in [2.05, 4.69) is 26.1 Å². The van der Waals surface area contributed by atoms with Crippen molar-refractivity contribution in [2.24, 2.45) is 5.73 Å². The van der Waals surface area contributed by atoms with Crippen LogP contribution in [0, 0.1) is 5.82 Å². The van der Waals surface area contributed by atoms with Gasteiger partial charge in [-0.15, -0.1) is 0 Å². The van der Waals surface area contributed by atoms with Crippen LogP contribution in [-0.4, -0.2) is 16.7 Å². The molecule has 1 heterocycles. The SMILES string of the molecule is CC(CN)c1nc(-c2cc(F)cc(Br)c2)no1. The van der Waals surface area contributed by atoms with Crippen molar-refractivity contribution >= 4 is 15.9 Å². The molecule has 0 radical (unpaired) electrons. The Morgan fingerprint density at radius 3 is 2.88 bits per heavy atom. The standard InChI is InChI=1S/C11H11BrFN3O/c1-6(5-14)11-15-10(16-17-11)7-2-8(12)4-9(13)3-7/h2-4,6H,5,14H2,1H3. The number of halogens is 2. The quantitative estimate of drug-likeness (QED) is 0.946. The molecule has 1 aromatic heterocycles. The van der Waals surface area contributed by atoms with E-state index in [0.29, 0.717) is 28.3 Å². The second kappa shape index (κ2) is 4.93. The van der Waals surface area contributed by atoms with Gasteiger partial charge < -0.3 is 10.3 Å². The highest BCUT2D eigenvalue weighted by Gasteiger charge is 2.14. The first-order valence-electron chi connectivity index (χ1n) is 5.10. The summed E-state index contributed by atoms with van der Waals surface area (Å²) in [4.78, 5) is 4.19. The molecule has 0 aliphatic rings. The Bertz CT molecular complexity index is 509. The van der Waals surface area contributed by atoms with E-state index in [9.17, 15) is 4.39 Å². The second-order valence-corrected chi connectivity index (χ2v) is 4.67. The molecule has 0 saturated carbocycles. The Labute approximate surface area is 106 Å². The first-order chi connectivity index (χ1) is 8.10. The number of hydrogen-bond donors (Lipinski definition) is 1. The third kappa shape index (κ3) is 2.70. The van der Waals surface area contributed by atoms with Crippen LogP contribution in [0.25, 0.3) is 11.4 Å². The molecule has 0 amide bonds. The first kappa shape index (κ1) is 12.2. The Hall–Kier alpha value is -1.27. The number of nitrogens with zero attached hydrogens (tertiary/aromatic N) is 2. The summed E-state index contributed by atoms with van der Waals surface area (Å²) in [5.41, 5.74) is 6.07. The lowest BCUT2D eigenvalue weighted by molar-refractivity contribution is 0.361. The molecular formula is C11H11BrFN3O. The number of benzene rings is 1. The third-order valence-electron chi connectivity index (χ3n) is 2.34. The zero-order chi connectivity index (χ0) is 12.4. The van der Waals surface area contributed by atoms with E-state index in [1.807, 2.05) is 6.92 Å². The van der Waals surface area contributed by atoms with Crippen molar-refractivity contribution in [3.8, 4) is 11.4 Å². The van der Waals surface area contributed by atoms with E-state index in [0.717, 1.165) is 0 Å². The number of aromatic nitrogens is 2. The second-order valence-electron chi connectivity index (χ2n) is 3.75. The molecule has 1 unspecified atom stereocenters. The van der Waals surface area contributed by atoms with Crippen LogP contribution in [0.1, 0.15) is 18.7 Å². The van der Waals surface area contributed by atoms with Crippen LogP contribution < -0.4 is 5.73 Å². The average molecular weight is 300 g/mol. The fraction of sp³-hybridized carbons (Fsp3) is 0.273. The van der Waals surface area contributed by atoms with E-state index in [1.54, 1.807) is 6.07 Å². The van der Waals surface area contributed by atoms with Crippen LogP contribution >= 0.6 is 15.9 Å². The summed E-state index contributed by atoms with van der Waals surface area (Å²) in [6.07, 6.45) is 0. The van der Waals surface area contributed by atoms with Crippen molar-refractivity contribution in [3.63, 3.8) is 0 Å². The number of hydrogen-bond acceptors (Lipinski definition) is 4. The Balaban J connectivity index is 2.36. The molecule has 1 aromatic carbocycles. The minimum absolute atomic E-state index is 0.00625. The lowest BCUT2D eigenvalue weighted by atomic mass is 10.2. The molecule has 1 atom stereocenters. The van der Waals surface area contributed by atoms with Crippen LogP contribution in [-0.2, 0) is 0 Å². The molecule has 0 spiro atoms. The van der Waals surface area contributed by atoms with Gasteiger partial charge >= 0.3 is 0 Å². The molecule has 4 nitrogen and oxygen atoms in total. The molecule has 0 bridgehead atoms. The van der Waals surface area contributed by atoms with Gasteiger partial charge in [-0.2, -0.15) is 4.98 Å². The number of nitrogens with two attached hydrogens (primary N) is 1. The molecule has 6 heteroatoms. The van der Waals surface area contributed by atoms with E-state index in [4.69, 9.17) is 10.3 Å². The predicted octanol–water partition coefficient (Wildman–Crippen LogP) is 2.70. The summed E-state index contributed by atoms with van der Waals surface area (Å²) in [7, 11) is 0. The van der Waals surface area contributed by atoms with Crippen LogP contribution in [0.15, 0.2) is 27.2 Å². The monoisotopic (exact) mass is 299 g/mol. The highest BCUT2D eigenvalue weighted by atomic mass is 79.9. The normalized spacial score (nSPS) is 12.7. The van der Waals surface area contributed by atoms with Gasteiger partial charge in [0.1, 0.15) is 5.82 Å². The van der Waals surface area contributed by atoms with E-state index < -0.39 is 0 Å². The molecule has 17 heavy (non-hydrogen) atoms. The van der Waals surface area contributed by atoms with Gasteiger partial charge in [-0.3, -0.25) is 0 Å². The topological polar surface area (TPSA) is 64.9 Å². The molecule has 0 fully saturated rings. The summed E-state index contributed by atoms with van der Waals surface area (Å²) in [6.45, 7) is 2.31. The van der Waals surface area contributed by atoms with Crippen molar-refractivity contribution in [1.82, 2.24) is 10.1 Å². The van der Waals surface area contributed by atoms with E-state index >= 15 is 0 Å². The fourth-order valence-electron chi connectivity index (χ4n) is 1.34. The van der Waals surface area contributed by atoms with E-state index in [-0.39, 0.29) is 11.7 Å². The van der Waals surface area contributed by atoms with Crippen molar-refractivity contribution in [1.29, 1.82) is 0 Å². The minimum atomic E-state index is -0.354. The lowest BCUT2D eigenvalue weighted by Gasteiger charge is -1.99. The largest absolute Gasteiger partial charge is 0.339 e. The predicted molar refractivity (Wildman–Crippen MR) is 64.9 cm³/mol. The maximum atomic E-state index is 13.2. The third-order valence-corrected chi connectivity index (χ3v) is 2.80. The summed E-state index contributed by atoms with van der Waals surface area (Å²) < 4.78 is 18.9.